The van der Waals surface area contributed by atoms with Gasteiger partial charge in [-0.1, -0.05) is 31.1 Å². The fourth-order valence-corrected chi connectivity index (χ4v) is 5.41. The van der Waals surface area contributed by atoms with E-state index >= 15 is 0 Å². The van der Waals surface area contributed by atoms with Gasteiger partial charge >= 0.3 is 11.9 Å². The minimum absolute atomic E-state index is 0.0359. The second-order valence-electron chi connectivity index (χ2n) is 6.35. The van der Waals surface area contributed by atoms with Crippen molar-refractivity contribution in [2.24, 2.45) is 5.41 Å². The Balaban J connectivity index is 0.000000235. The maximum absolute atomic E-state index is 10.8. The Morgan fingerprint density at radius 2 is 1.86 bits per heavy atom. The zero-order valence-electron chi connectivity index (χ0n) is 13.5. The highest BCUT2D eigenvalue weighted by Crippen LogP contribution is 2.31. The van der Waals surface area contributed by atoms with E-state index in [1.165, 1.54) is 50.1 Å². The summed E-state index contributed by atoms with van der Waals surface area (Å²) in [7, 11) is -0.639. The van der Waals surface area contributed by atoms with Crippen LogP contribution >= 0.6 is 0 Å². The SMILES string of the molecule is CC(C)O[SiH]1CCCC1.CC1(C(=O)O)C=CC=C(C(=O)O)C1. The van der Waals surface area contributed by atoms with E-state index in [-0.39, 0.29) is 12.0 Å². The predicted molar refractivity (Wildman–Crippen MR) is 87.4 cm³/mol. The lowest BCUT2D eigenvalue weighted by molar-refractivity contribution is -0.145. The number of carboxylic acid groups (broad SMARTS) is 2. The van der Waals surface area contributed by atoms with Gasteiger partial charge in [-0.15, -0.1) is 0 Å². The summed E-state index contributed by atoms with van der Waals surface area (Å²) < 4.78 is 5.75. The first-order valence-corrected chi connectivity index (χ1v) is 9.85. The van der Waals surface area contributed by atoms with Gasteiger partial charge in [0.15, 0.2) is 9.04 Å². The van der Waals surface area contributed by atoms with E-state index in [0.717, 1.165) is 0 Å². The van der Waals surface area contributed by atoms with Gasteiger partial charge in [0.05, 0.1) is 5.41 Å². The normalized spacial score (nSPS) is 24.6. The van der Waals surface area contributed by atoms with Crippen molar-refractivity contribution < 1.29 is 24.2 Å². The summed E-state index contributed by atoms with van der Waals surface area (Å²) in [6.07, 6.45) is 7.79. The lowest BCUT2D eigenvalue weighted by Crippen LogP contribution is -2.28. The second-order valence-corrected chi connectivity index (χ2v) is 9.02. The molecule has 5 nitrogen and oxygen atoms in total. The van der Waals surface area contributed by atoms with Crippen molar-refractivity contribution in [3.05, 3.63) is 23.8 Å². The van der Waals surface area contributed by atoms with E-state index in [9.17, 15) is 9.59 Å². The molecule has 1 saturated heterocycles. The highest BCUT2D eigenvalue weighted by atomic mass is 28.3. The summed E-state index contributed by atoms with van der Waals surface area (Å²) in [5, 5.41) is 17.5. The molecule has 0 aromatic carbocycles. The van der Waals surface area contributed by atoms with E-state index in [2.05, 4.69) is 13.8 Å². The van der Waals surface area contributed by atoms with Gasteiger partial charge in [0, 0.05) is 11.7 Å². The van der Waals surface area contributed by atoms with Crippen LogP contribution in [0, 0.1) is 5.41 Å². The number of rotatable bonds is 4. The molecule has 0 aromatic rings. The third-order valence-corrected chi connectivity index (χ3v) is 6.88. The summed E-state index contributed by atoms with van der Waals surface area (Å²) in [4.78, 5) is 21.3. The summed E-state index contributed by atoms with van der Waals surface area (Å²) in [5.74, 6) is -2.06. The van der Waals surface area contributed by atoms with Crippen LogP contribution in [-0.4, -0.2) is 37.3 Å². The maximum Gasteiger partial charge on any atom is 0.331 e. The molecule has 2 rings (SSSR count). The third-order valence-electron chi connectivity index (χ3n) is 3.85. The minimum atomic E-state index is -1.08. The number of allylic oxidation sites excluding steroid dienone is 2. The molecule has 124 valence electrons. The van der Waals surface area contributed by atoms with E-state index in [0.29, 0.717) is 6.10 Å². The summed E-state index contributed by atoms with van der Waals surface area (Å²) >= 11 is 0. The molecule has 1 unspecified atom stereocenters. The van der Waals surface area contributed by atoms with Gasteiger partial charge in [-0.05, 0) is 39.3 Å². The van der Waals surface area contributed by atoms with Crippen LogP contribution in [0.5, 0.6) is 0 Å². The Morgan fingerprint density at radius 3 is 2.32 bits per heavy atom. The number of hydrogen-bond donors (Lipinski definition) is 2. The highest BCUT2D eigenvalue weighted by molar-refractivity contribution is 6.52. The van der Waals surface area contributed by atoms with Crippen LogP contribution in [0.15, 0.2) is 23.8 Å². The van der Waals surface area contributed by atoms with Crippen LogP contribution in [0.2, 0.25) is 12.1 Å². The number of hydrogen-bond acceptors (Lipinski definition) is 3. The fraction of sp³-hybridized carbons (Fsp3) is 0.625. The zero-order chi connectivity index (χ0) is 16.8. The maximum atomic E-state index is 10.8. The van der Waals surface area contributed by atoms with Crippen LogP contribution in [0.1, 0.15) is 40.0 Å². The molecule has 1 atom stereocenters. The Labute approximate surface area is 133 Å². The van der Waals surface area contributed by atoms with E-state index in [4.69, 9.17) is 14.6 Å². The molecule has 0 aromatic heterocycles. The van der Waals surface area contributed by atoms with Crippen molar-refractivity contribution >= 4 is 21.0 Å². The molecule has 1 aliphatic heterocycles. The lowest BCUT2D eigenvalue weighted by Gasteiger charge is -2.23. The quantitative estimate of drug-likeness (QED) is 0.776. The molecule has 22 heavy (non-hydrogen) atoms. The minimum Gasteiger partial charge on any atom is -0.481 e. The van der Waals surface area contributed by atoms with E-state index < -0.39 is 26.4 Å². The summed E-state index contributed by atoms with van der Waals surface area (Å²) in [6, 6.07) is 2.86. The topological polar surface area (TPSA) is 83.8 Å². The van der Waals surface area contributed by atoms with Crippen LogP contribution in [-0.2, 0) is 14.0 Å². The fourth-order valence-electron chi connectivity index (χ4n) is 2.59. The molecular formula is C16H26O5Si. The first kappa shape index (κ1) is 18.6. The standard InChI is InChI=1S/C9H10O4.C7H16OSi/c1-9(8(12)13)4-2-3-6(5-9)7(10)11;1-7(2)8-9-5-3-4-6-9/h2-4H,5H2,1H3,(H,10,11)(H,12,13);7,9H,3-6H2,1-2H3. The van der Waals surface area contributed by atoms with Crippen LogP contribution in [0.25, 0.3) is 0 Å². The predicted octanol–water partition coefficient (Wildman–Crippen LogP) is 2.98. The molecule has 0 radical (unpaired) electrons. The van der Waals surface area contributed by atoms with Crippen molar-refractivity contribution in [1.82, 2.24) is 0 Å². The molecular weight excluding hydrogens is 300 g/mol. The van der Waals surface area contributed by atoms with Gasteiger partial charge in [0.25, 0.3) is 0 Å². The largest absolute Gasteiger partial charge is 0.481 e. The molecule has 1 aliphatic carbocycles. The van der Waals surface area contributed by atoms with Crippen molar-refractivity contribution in [2.45, 2.75) is 58.2 Å². The Morgan fingerprint density at radius 1 is 1.27 bits per heavy atom. The van der Waals surface area contributed by atoms with Gasteiger partial charge in [-0.2, -0.15) is 0 Å². The van der Waals surface area contributed by atoms with Gasteiger partial charge in [-0.3, -0.25) is 4.79 Å². The molecule has 0 amide bonds. The van der Waals surface area contributed by atoms with Crippen LogP contribution in [0.4, 0.5) is 0 Å². The average molecular weight is 326 g/mol. The second kappa shape index (κ2) is 8.29. The average Bonchev–Trinajstić information content (AvgIpc) is 2.91. The molecule has 2 N–H and O–H groups in total. The Bertz CT molecular complexity index is 463. The van der Waals surface area contributed by atoms with E-state index in [1.54, 1.807) is 0 Å². The Hall–Kier alpha value is -1.40. The molecule has 0 saturated carbocycles. The molecule has 1 heterocycles. The highest BCUT2D eigenvalue weighted by Gasteiger charge is 2.34. The van der Waals surface area contributed by atoms with E-state index in [1.807, 2.05) is 0 Å². The number of aliphatic carboxylic acids is 2. The molecule has 1 fully saturated rings. The lowest BCUT2D eigenvalue weighted by atomic mass is 9.80. The molecule has 0 bridgehead atoms. The molecule has 0 spiro atoms. The van der Waals surface area contributed by atoms with Gasteiger partial charge < -0.3 is 14.6 Å². The summed E-state index contributed by atoms with van der Waals surface area (Å²) in [6.45, 7) is 5.79. The van der Waals surface area contributed by atoms with Crippen molar-refractivity contribution in [3.63, 3.8) is 0 Å². The first-order chi connectivity index (χ1) is 10.2. The first-order valence-electron chi connectivity index (χ1n) is 7.75. The molecule has 6 heteroatoms. The monoisotopic (exact) mass is 326 g/mol. The zero-order valence-corrected chi connectivity index (χ0v) is 14.7. The Kier molecular flexibility index (Phi) is 7.02. The van der Waals surface area contributed by atoms with Crippen LogP contribution < -0.4 is 0 Å². The van der Waals surface area contributed by atoms with Crippen molar-refractivity contribution in [2.75, 3.05) is 0 Å². The number of carbonyl (C=O) groups is 2. The van der Waals surface area contributed by atoms with Gasteiger partial charge in [0.1, 0.15) is 0 Å². The molecule has 2 aliphatic rings. The van der Waals surface area contributed by atoms with Crippen molar-refractivity contribution in [3.8, 4) is 0 Å². The van der Waals surface area contributed by atoms with Crippen LogP contribution in [0.3, 0.4) is 0 Å². The summed E-state index contributed by atoms with van der Waals surface area (Å²) in [5.41, 5.74) is -0.949. The van der Waals surface area contributed by atoms with Gasteiger partial charge in [-0.25, -0.2) is 4.79 Å². The number of carboxylic acids is 2. The smallest absolute Gasteiger partial charge is 0.331 e. The third kappa shape index (κ3) is 5.77. The van der Waals surface area contributed by atoms with Gasteiger partial charge in [0.2, 0.25) is 0 Å². The van der Waals surface area contributed by atoms with Crippen molar-refractivity contribution in [1.29, 1.82) is 0 Å².